The van der Waals surface area contributed by atoms with E-state index in [1.165, 1.54) is 0 Å². The number of rotatable bonds is 3. The van der Waals surface area contributed by atoms with Gasteiger partial charge >= 0.3 is 6.03 Å². The number of nitrogens with two attached hydrogens (primary N) is 1. The Hall–Kier alpha value is -2.08. The highest BCUT2D eigenvalue weighted by Crippen LogP contribution is 2.29. The van der Waals surface area contributed by atoms with Crippen LogP contribution in [0.3, 0.4) is 0 Å². The van der Waals surface area contributed by atoms with Gasteiger partial charge in [0.1, 0.15) is 12.1 Å². The zero-order valence-corrected chi connectivity index (χ0v) is 10.9. The van der Waals surface area contributed by atoms with Gasteiger partial charge in [-0.05, 0) is 24.6 Å². The van der Waals surface area contributed by atoms with Crippen LogP contribution in [-0.2, 0) is 15.1 Å². The van der Waals surface area contributed by atoms with Gasteiger partial charge in [0.15, 0.2) is 0 Å². The number of primary amides is 1. The Balaban J connectivity index is 2.35. The molecule has 19 heavy (non-hydrogen) atoms. The molecule has 0 radical (unpaired) electrons. The van der Waals surface area contributed by atoms with E-state index in [0.717, 1.165) is 4.90 Å². The normalized spacial score (nSPS) is 22.5. The maximum absolute atomic E-state index is 12.3. The van der Waals surface area contributed by atoms with E-state index in [2.05, 4.69) is 5.32 Å². The van der Waals surface area contributed by atoms with Crippen molar-refractivity contribution in [3.63, 3.8) is 0 Å². The number of benzene rings is 1. The number of amides is 4. The average Bonchev–Trinajstić information content (AvgIpc) is 2.54. The van der Waals surface area contributed by atoms with Gasteiger partial charge in [-0.1, -0.05) is 23.7 Å². The topological polar surface area (TPSA) is 92.5 Å². The van der Waals surface area contributed by atoms with Gasteiger partial charge in [0.2, 0.25) is 5.91 Å². The van der Waals surface area contributed by atoms with Crippen molar-refractivity contribution in [1.29, 1.82) is 0 Å². The molecule has 2 rings (SSSR count). The second kappa shape index (κ2) is 4.55. The Morgan fingerprint density at radius 3 is 2.47 bits per heavy atom. The molecule has 1 unspecified atom stereocenters. The van der Waals surface area contributed by atoms with Crippen LogP contribution in [-0.4, -0.2) is 29.3 Å². The molecule has 1 aromatic carbocycles. The number of imide groups is 1. The minimum Gasteiger partial charge on any atom is -0.368 e. The highest BCUT2D eigenvalue weighted by Gasteiger charge is 2.49. The molecular weight excluding hydrogens is 270 g/mol. The van der Waals surface area contributed by atoms with Crippen LogP contribution >= 0.6 is 11.6 Å². The quantitative estimate of drug-likeness (QED) is 0.794. The van der Waals surface area contributed by atoms with Crippen LogP contribution in [0.25, 0.3) is 0 Å². The molecule has 3 N–H and O–H groups in total. The lowest BCUT2D eigenvalue weighted by atomic mass is 9.92. The maximum Gasteiger partial charge on any atom is 0.325 e. The lowest BCUT2D eigenvalue weighted by molar-refractivity contribution is -0.134. The van der Waals surface area contributed by atoms with Crippen molar-refractivity contribution in [2.24, 2.45) is 5.73 Å². The number of hydrogen-bond acceptors (Lipinski definition) is 3. The minimum atomic E-state index is -1.21. The average molecular weight is 282 g/mol. The van der Waals surface area contributed by atoms with Crippen molar-refractivity contribution in [3.05, 3.63) is 34.9 Å². The third-order valence-corrected chi connectivity index (χ3v) is 3.26. The van der Waals surface area contributed by atoms with E-state index in [0.29, 0.717) is 10.6 Å². The van der Waals surface area contributed by atoms with E-state index in [1.807, 2.05) is 0 Å². The molecule has 0 aliphatic carbocycles. The van der Waals surface area contributed by atoms with Gasteiger partial charge in [-0.15, -0.1) is 0 Å². The molecule has 1 saturated heterocycles. The molecule has 0 saturated carbocycles. The Labute approximate surface area is 114 Å². The van der Waals surface area contributed by atoms with Crippen LogP contribution in [0.15, 0.2) is 24.3 Å². The fraction of sp³-hybridized carbons (Fsp3) is 0.250. The largest absolute Gasteiger partial charge is 0.368 e. The van der Waals surface area contributed by atoms with Gasteiger partial charge in [-0.2, -0.15) is 0 Å². The first-order chi connectivity index (χ1) is 8.84. The van der Waals surface area contributed by atoms with E-state index in [-0.39, 0.29) is 0 Å². The standard InChI is InChI=1S/C12H12ClN3O3/c1-12(7-2-4-8(13)5-3-7)10(18)16(6-9(14)17)11(19)15-12/h2-5H,6H2,1H3,(H2,14,17)(H,15,19). The highest BCUT2D eigenvalue weighted by atomic mass is 35.5. The summed E-state index contributed by atoms with van der Waals surface area (Å²) in [5.41, 5.74) is 4.39. The Morgan fingerprint density at radius 1 is 1.37 bits per heavy atom. The van der Waals surface area contributed by atoms with E-state index in [9.17, 15) is 14.4 Å². The second-order valence-corrected chi connectivity index (χ2v) is 4.86. The van der Waals surface area contributed by atoms with Crippen LogP contribution in [0.1, 0.15) is 12.5 Å². The molecule has 7 heteroatoms. The zero-order chi connectivity index (χ0) is 14.2. The highest BCUT2D eigenvalue weighted by molar-refractivity contribution is 6.30. The van der Waals surface area contributed by atoms with Crippen LogP contribution in [0, 0.1) is 0 Å². The molecule has 1 aromatic rings. The van der Waals surface area contributed by atoms with E-state index in [4.69, 9.17) is 17.3 Å². The number of nitrogens with one attached hydrogen (secondary N) is 1. The molecule has 1 heterocycles. The molecule has 1 atom stereocenters. The first kappa shape index (κ1) is 13.4. The number of urea groups is 1. The van der Waals surface area contributed by atoms with Crippen molar-refractivity contribution in [2.45, 2.75) is 12.5 Å². The smallest absolute Gasteiger partial charge is 0.325 e. The monoisotopic (exact) mass is 281 g/mol. The number of hydrogen-bond donors (Lipinski definition) is 2. The van der Waals surface area contributed by atoms with Gasteiger partial charge in [0.25, 0.3) is 5.91 Å². The molecule has 0 aromatic heterocycles. The minimum absolute atomic E-state index is 0.437. The summed E-state index contributed by atoms with van der Waals surface area (Å²) in [5, 5.41) is 3.08. The van der Waals surface area contributed by atoms with E-state index in [1.54, 1.807) is 31.2 Å². The Bertz CT molecular complexity index is 558. The third-order valence-electron chi connectivity index (χ3n) is 3.01. The van der Waals surface area contributed by atoms with Crippen LogP contribution in [0.2, 0.25) is 5.02 Å². The van der Waals surface area contributed by atoms with E-state index < -0.39 is 29.9 Å². The second-order valence-electron chi connectivity index (χ2n) is 4.42. The summed E-state index contributed by atoms with van der Waals surface area (Å²) >= 11 is 5.78. The van der Waals surface area contributed by atoms with Gasteiger partial charge in [0, 0.05) is 5.02 Å². The number of carbonyl (C=O) groups excluding carboxylic acids is 3. The van der Waals surface area contributed by atoms with Crippen LogP contribution in [0.4, 0.5) is 4.79 Å². The molecule has 4 amide bonds. The van der Waals surface area contributed by atoms with Gasteiger partial charge < -0.3 is 11.1 Å². The predicted molar refractivity (Wildman–Crippen MR) is 68.2 cm³/mol. The lowest BCUT2D eigenvalue weighted by Crippen LogP contribution is -2.42. The SMILES string of the molecule is CC1(c2ccc(Cl)cc2)NC(=O)N(CC(N)=O)C1=O. The Kier molecular flexibility index (Phi) is 3.20. The van der Waals surface area contributed by atoms with Gasteiger partial charge in [0.05, 0.1) is 0 Å². The Morgan fingerprint density at radius 2 is 1.95 bits per heavy atom. The summed E-state index contributed by atoms with van der Waals surface area (Å²) in [4.78, 5) is 35.7. The molecular formula is C12H12ClN3O3. The summed E-state index contributed by atoms with van der Waals surface area (Å²) in [6, 6.07) is 5.90. The first-order valence-electron chi connectivity index (χ1n) is 5.53. The molecule has 1 aliphatic rings. The van der Waals surface area contributed by atoms with Crippen molar-refractivity contribution < 1.29 is 14.4 Å². The number of carbonyl (C=O) groups is 3. The van der Waals surface area contributed by atoms with Crippen LogP contribution < -0.4 is 11.1 Å². The van der Waals surface area contributed by atoms with Gasteiger partial charge in [-0.3, -0.25) is 14.5 Å². The summed E-state index contributed by atoms with van der Waals surface area (Å²) in [7, 11) is 0. The van der Waals surface area contributed by atoms with Crippen LogP contribution in [0.5, 0.6) is 0 Å². The van der Waals surface area contributed by atoms with Crippen molar-refractivity contribution in [3.8, 4) is 0 Å². The molecule has 1 aliphatic heterocycles. The predicted octanol–water partition coefficient (Wildman–Crippen LogP) is 0.592. The fourth-order valence-electron chi connectivity index (χ4n) is 1.98. The molecule has 100 valence electrons. The summed E-state index contributed by atoms with van der Waals surface area (Å²) in [6.45, 7) is 1.13. The summed E-state index contributed by atoms with van der Waals surface area (Å²) in [5.74, 6) is -1.26. The van der Waals surface area contributed by atoms with Crippen molar-refractivity contribution >= 4 is 29.4 Å². The third kappa shape index (κ3) is 2.26. The molecule has 0 bridgehead atoms. The number of halogens is 1. The van der Waals surface area contributed by atoms with Gasteiger partial charge in [-0.25, -0.2) is 4.79 Å². The zero-order valence-electron chi connectivity index (χ0n) is 10.1. The molecule has 0 spiro atoms. The number of nitrogens with zero attached hydrogens (tertiary/aromatic N) is 1. The lowest BCUT2D eigenvalue weighted by Gasteiger charge is -2.22. The maximum atomic E-state index is 12.3. The fourth-order valence-corrected chi connectivity index (χ4v) is 2.10. The van der Waals surface area contributed by atoms with Crippen molar-refractivity contribution in [2.75, 3.05) is 6.54 Å². The summed E-state index contributed by atoms with van der Waals surface area (Å²) < 4.78 is 0. The molecule has 1 fully saturated rings. The first-order valence-corrected chi connectivity index (χ1v) is 5.91. The van der Waals surface area contributed by atoms with Crippen molar-refractivity contribution in [1.82, 2.24) is 10.2 Å². The molecule has 6 nitrogen and oxygen atoms in total. The van der Waals surface area contributed by atoms with E-state index >= 15 is 0 Å². The summed E-state index contributed by atoms with van der Waals surface area (Å²) in [6.07, 6.45) is 0.